The van der Waals surface area contributed by atoms with Crippen LogP contribution in [0.15, 0.2) is 15.9 Å². The van der Waals surface area contributed by atoms with Crippen molar-refractivity contribution in [1.82, 2.24) is 23.6 Å². The van der Waals surface area contributed by atoms with E-state index in [1.165, 1.54) is 11.6 Å². The van der Waals surface area contributed by atoms with Crippen molar-refractivity contribution < 1.29 is 4.79 Å². The zero-order valence-electron chi connectivity index (χ0n) is 15.2. The molecule has 2 heterocycles. The molecule has 1 aliphatic carbocycles. The monoisotopic (exact) mass is 347 g/mol. The Morgan fingerprint density at radius 1 is 1.28 bits per heavy atom. The summed E-state index contributed by atoms with van der Waals surface area (Å²) >= 11 is 0. The molecular weight excluding hydrogens is 322 g/mol. The molecule has 0 aliphatic heterocycles. The first-order valence-corrected chi connectivity index (χ1v) is 8.75. The summed E-state index contributed by atoms with van der Waals surface area (Å²) in [5, 5.41) is 0. The SMILES string of the molecule is CC(C)N(C(=O)CCCn1cnc2c1c(=O)n(C)c(=O)n2C)C1CC1. The standard InChI is InChI=1S/C17H25N5O3/c1-11(2)22(12-7-8-12)13(23)6-5-9-21-10-18-15-14(21)16(24)20(4)17(25)19(15)3/h10-12H,5-9H2,1-4H3. The van der Waals surface area contributed by atoms with Gasteiger partial charge in [-0.05, 0) is 33.1 Å². The molecule has 3 rings (SSSR count). The topological polar surface area (TPSA) is 82.1 Å². The van der Waals surface area contributed by atoms with Crippen LogP contribution in [0.25, 0.3) is 11.2 Å². The summed E-state index contributed by atoms with van der Waals surface area (Å²) in [7, 11) is 3.06. The molecule has 2 aromatic rings. The van der Waals surface area contributed by atoms with E-state index in [2.05, 4.69) is 4.98 Å². The maximum atomic E-state index is 12.5. The van der Waals surface area contributed by atoms with Crippen molar-refractivity contribution in [1.29, 1.82) is 0 Å². The molecule has 8 heteroatoms. The van der Waals surface area contributed by atoms with Crippen LogP contribution in [0.4, 0.5) is 0 Å². The highest BCUT2D eigenvalue weighted by Crippen LogP contribution is 2.29. The predicted molar refractivity (Wildman–Crippen MR) is 94.5 cm³/mol. The van der Waals surface area contributed by atoms with Crippen LogP contribution in [-0.4, -0.2) is 41.6 Å². The fourth-order valence-electron chi connectivity index (χ4n) is 3.36. The zero-order chi connectivity index (χ0) is 18.3. The third-order valence-electron chi connectivity index (χ3n) is 4.79. The van der Waals surface area contributed by atoms with Crippen molar-refractivity contribution in [3.63, 3.8) is 0 Å². The Hall–Kier alpha value is -2.38. The van der Waals surface area contributed by atoms with Crippen molar-refractivity contribution in [2.24, 2.45) is 14.1 Å². The van der Waals surface area contributed by atoms with Gasteiger partial charge in [0.25, 0.3) is 5.56 Å². The second-order valence-corrected chi connectivity index (χ2v) is 7.05. The van der Waals surface area contributed by atoms with Crippen LogP contribution in [0.1, 0.15) is 39.5 Å². The molecule has 25 heavy (non-hydrogen) atoms. The number of aromatic nitrogens is 4. The first-order valence-electron chi connectivity index (χ1n) is 8.75. The fraction of sp³-hybridized carbons (Fsp3) is 0.647. The summed E-state index contributed by atoms with van der Waals surface area (Å²) in [6, 6.07) is 0.624. The van der Waals surface area contributed by atoms with Gasteiger partial charge in [-0.2, -0.15) is 0 Å². The first kappa shape index (κ1) is 17.4. The van der Waals surface area contributed by atoms with Gasteiger partial charge in [0, 0.05) is 39.1 Å². The lowest BCUT2D eigenvalue weighted by atomic mass is 10.2. The van der Waals surface area contributed by atoms with Gasteiger partial charge in [-0.15, -0.1) is 0 Å². The summed E-state index contributed by atoms with van der Waals surface area (Å²) < 4.78 is 4.19. The van der Waals surface area contributed by atoms with Crippen LogP contribution in [-0.2, 0) is 25.4 Å². The highest BCUT2D eigenvalue weighted by atomic mass is 16.2. The number of hydrogen-bond donors (Lipinski definition) is 0. The molecule has 0 N–H and O–H groups in total. The first-order chi connectivity index (χ1) is 11.8. The van der Waals surface area contributed by atoms with Gasteiger partial charge >= 0.3 is 5.69 Å². The molecule has 2 aromatic heterocycles. The smallest absolute Gasteiger partial charge is 0.332 e. The van der Waals surface area contributed by atoms with Gasteiger partial charge in [0.2, 0.25) is 5.91 Å². The average Bonchev–Trinajstić information content (AvgIpc) is 3.29. The van der Waals surface area contributed by atoms with Gasteiger partial charge in [-0.1, -0.05) is 0 Å². The van der Waals surface area contributed by atoms with E-state index in [1.54, 1.807) is 17.9 Å². The Balaban J connectivity index is 1.75. The molecule has 0 unspecified atom stereocenters. The van der Waals surface area contributed by atoms with E-state index in [1.807, 2.05) is 18.7 Å². The third kappa shape index (κ3) is 3.12. The van der Waals surface area contributed by atoms with Crippen LogP contribution in [0.5, 0.6) is 0 Å². The van der Waals surface area contributed by atoms with Crippen LogP contribution in [0, 0.1) is 0 Å². The normalized spacial score (nSPS) is 14.4. The quantitative estimate of drug-likeness (QED) is 0.767. The number of nitrogens with zero attached hydrogens (tertiary/aromatic N) is 5. The van der Waals surface area contributed by atoms with Crippen molar-refractivity contribution in [2.45, 2.75) is 58.2 Å². The molecule has 1 aliphatic rings. The Kier molecular flexibility index (Phi) is 4.53. The second-order valence-electron chi connectivity index (χ2n) is 7.05. The minimum atomic E-state index is -0.394. The highest BCUT2D eigenvalue weighted by molar-refractivity contribution is 5.77. The molecule has 0 atom stereocenters. The molecular formula is C17H25N5O3. The molecule has 0 radical (unpaired) electrons. The number of carbonyl (C=O) groups excluding carboxylic acids is 1. The maximum Gasteiger partial charge on any atom is 0.332 e. The van der Waals surface area contributed by atoms with Gasteiger partial charge in [-0.25, -0.2) is 9.78 Å². The molecule has 1 amide bonds. The van der Waals surface area contributed by atoms with Gasteiger partial charge < -0.3 is 9.47 Å². The molecule has 136 valence electrons. The summed E-state index contributed by atoms with van der Waals surface area (Å²) in [6.45, 7) is 4.61. The zero-order valence-corrected chi connectivity index (χ0v) is 15.2. The number of fused-ring (bicyclic) bond motifs is 1. The minimum Gasteiger partial charge on any atom is -0.337 e. The third-order valence-corrected chi connectivity index (χ3v) is 4.79. The van der Waals surface area contributed by atoms with E-state index in [4.69, 9.17) is 0 Å². The van der Waals surface area contributed by atoms with Crippen molar-refractivity contribution in [3.8, 4) is 0 Å². The largest absolute Gasteiger partial charge is 0.337 e. The lowest BCUT2D eigenvalue weighted by Crippen LogP contribution is -2.38. The molecule has 1 saturated carbocycles. The van der Waals surface area contributed by atoms with Crippen LogP contribution in [0.3, 0.4) is 0 Å². The number of hydrogen-bond acceptors (Lipinski definition) is 4. The molecule has 1 fully saturated rings. The molecule has 0 bridgehead atoms. The van der Waals surface area contributed by atoms with E-state index in [0.29, 0.717) is 36.6 Å². The van der Waals surface area contributed by atoms with Crippen LogP contribution >= 0.6 is 0 Å². The van der Waals surface area contributed by atoms with Crippen molar-refractivity contribution in [2.75, 3.05) is 0 Å². The summed E-state index contributed by atoms with van der Waals surface area (Å²) in [6.07, 6.45) is 4.84. The minimum absolute atomic E-state index is 0.169. The molecule has 0 saturated heterocycles. The van der Waals surface area contributed by atoms with Gasteiger partial charge in [0.1, 0.15) is 0 Å². The average molecular weight is 347 g/mol. The number of carbonyl (C=O) groups is 1. The summed E-state index contributed by atoms with van der Waals surface area (Å²) in [5.74, 6) is 0.169. The Morgan fingerprint density at radius 2 is 1.96 bits per heavy atom. The number of aryl methyl sites for hydroxylation is 2. The Bertz CT molecular complexity index is 915. The number of imidazole rings is 1. The fourth-order valence-corrected chi connectivity index (χ4v) is 3.36. The van der Waals surface area contributed by atoms with Crippen LogP contribution in [0.2, 0.25) is 0 Å². The second kappa shape index (κ2) is 6.50. The van der Waals surface area contributed by atoms with E-state index in [-0.39, 0.29) is 17.5 Å². The van der Waals surface area contributed by atoms with E-state index in [9.17, 15) is 14.4 Å². The lowest BCUT2D eigenvalue weighted by molar-refractivity contribution is -0.133. The van der Waals surface area contributed by atoms with Gasteiger partial charge in [-0.3, -0.25) is 18.7 Å². The highest BCUT2D eigenvalue weighted by Gasteiger charge is 2.33. The lowest BCUT2D eigenvalue weighted by Gasteiger charge is -2.26. The number of rotatable bonds is 6. The van der Waals surface area contributed by atoms with E-state index >= 15 is 0 Å². The van der Waals surface area contributed by atoms with E-state index in [0.717, 1.165) is 17.4 Å². The Labute approximate surface area is 145 Å². The predicted octanol–water partition coefficient (Wildman–Crippen LogP) is 0.613. The maximum absolute atomic E-state index is 12.5. The van der Waals surface area contributed by atoms with Gasteiger partial charge in [0.05, 0.1) is 6.33 Å². The Morgan fingerprint density at radius 3 is 2.56 bits per heavy atom. The molecule has 0 aromatic carbocycles. The van der Waals surface area contributed by atoms with E-state index < -0.39 is 5.69 Å². The van der Waals surface area contributed by atoms with Crippen molar-refractivity contribution in [3.05, 3.63) is 27.2 Å². The molecule has 8 nitrogen and oxygen atoms in total. The molecule has 0 spiro atoms. The van der Waals surface area contributed by atoms with Crippen molar-refractivity contribution >= 4 is 17.1 Å². The number of amides is 1. The van der Waals surface area contributed by atoms with Gasteiger partial charge in [0.15, 0.2) is 11.2 Å². The summed E-state index contributed by atoms with van der Waals surface area (Å²) in [5.41, 5.74) is 0.0276. The van der Waals surface area contributed by atoms with Crippen LogP contribution < -0.4 is 11.2 Å². The summed E-state index contributed by atoms with van der Waals surface area (Å²) in [4.78, 5) is 43.0.